The number of nitrogens with two attached hydrogens (primary N) is 1. The fraction of sp³-hybridized carbons (Fsp3) is 0.800. The van der Waals surface area contributed by atoms with Crippen molar-refractivity contribution < 1.29 is 4.79 Å². The Hall–Kier alpha value is -1.01. The van der Waals surface area contributed by atoms with Crippen molar-refractivity contribution in [3.8, 4) is 0 Å². The Bertz CT molecular complexity index is 215. The molecule has 1 fully saturated rings. The number of nitrogens with one attached hydrogen (secondary N) is 2. The lowest BCUT2D eigenvalue weighted by atomic mass is 10.1. The second-order valence-corrected chi connectivity index (χ2v) is 2.64. The van der Waals surface area contributed by atoms with Crippen molar-refractivity contribution in [3.63, 3.8) is 0 Å². The van der Waals surface area contributed by atoms with Crippen LogP contribution in [0.15, 0.2) is 10.2 Å². The molecule has 0 saturated carbocycles. The van der Waals surface area contributed by atoms with Gasteiger partial charge in [-0.05, 0) is 0 Å². The molecule has 2 rings (SSSR count). The number of carbonyl (C=O) groups is 1. The number of azo groups is 1. The zero-order valence-electron chi connectivity index (χ0n) is 5.82. The van der Waals surface area contributed by atoms with E-state index >= 15 is 0 Å². The van der Waals surface area contributed by atoms with Crippen LogP contribution in [0.25, 0.3) is 0 Å². The Morgan fingerprint density at radius 3 is 3.27 bits per heavy atom. The molecule has 0 aromatic heterocycles. The summed E-state index contributed by atoms with van der Waals surface area (Å²) in [4.78, 5) is 11.1. The van der Waals surface area contributed by atoms with E-state index in [0.29, 0.717) is 6.54 Å². The number of amides is 1. The molecule has 0 aromatic carbocycles. The predicted octanol–water partition coefficient (Wildman–Crippen LogP) is -1.85. The topological polar surface area (TPSA) is 91.9 Å². The molecule has 1 saturated heterocycles. The van der Waals surface area contributed by atoms with E-state index in [2.05, 4.69) is 20.9 Å². The van der Waals surface area contributed by atoms with Gasteiger partial charge in [0.1, 0.15) is 6.29 Å². The van der Waals surface area contributed by atoms with Gasteiger partial charge in [-0.3, -0.25) is 15.8 Å². The molecular formula is C5H9N5O. The highest BCUT2D eigenvalue weighted by Crippen LogP contribution is 2.12. The maximum Gasteiger partial charge on any atom is 0.250 e. The van der Waals surface area contributed by atoms with Gasteiger partial charge < -0.3 is 5.32 Å². The van der Waals surface area contributed by atoms with Crippen molar-refractivity contribution in [2.24, 2.45) is 16.0 Å². The van der Waals surface area contributed by atoms with E-state index in [9.17, 15) is 4.79 Å². The van der Waals surface area contributed by atoms with Gasteiger partial charge in [0.25, 0.3) is 5.91 Å². The van der Waals surface area contributed by atoms with Gasteiger partial charge in [0.05, 0.1) is 12.6 Å². The van der Waals surface area contributed by atoms with Crippen LogP contribution >= 0.6 is 0 Å². The second kappa shape index (κ2) is 2.24. The summed E-state index contributed by atoms with van der Waals surface area (Å²) in [5.41, 5.74) is 5.45. The van der Waals surface area contributed by atoms with E-state index in [1.807, 2.05) is 0 Å². The van der Waals surface area contributed by atoms with E-state index in [1.54, 1.807) is 0 Å². The summed E-state index contributed by atoms with van der Waals surface area (Å²) in [6.45, 7) is 0.547. The molecule has 0 bridgehead atoms. The quantitative estimate of drug-likeness (QED) is 0.383. The van der Waals surface area contributed by atoms with Crippen LogP contribution in [0.2, 0.25) is 0 Å². The summed E-state index contributed by atoms with van der Waals surface area (Å²) in [5, 5.41) is 13.0. The average molecular weight is 155 g/mol. The highest BCUT2D eigenvalue weighted by Gasteiger charge is 2.37. The van der Waals surface area contributed by atoms with Gasteiger partial charge in [-0.1, -0.05) is 0 Å². The van der Waals surface area contributed by atoms with Crippen molar-refractivity contribution in [1.29, 1.82) is 0 Å². The molecule has 1 amide bonds. The zero-order chi connectivity index (χ0) is 7.84. The fourth-order valence-electron chi connectivity index (χ4n) is 1.29. The third-order valence-electron chi connectivity index (χ3n) is 1.83. The predicted molar refractivity (Wildman–Crippen MR) is 36.6 cm³/mol. The van der Waals surface area contributed by atoms with Crippen molar-refractivity contribution >= 4 is 5.91 Å². The first-order valence-electron chi connectivity index (χ1n) is 3.46. The molecule has 11 heavy (non-hydrogen) atoms. The van der Waals surface area contributed by atoms with E-state index < -0.39 is 6.29 Å². The van der Waals surface area contributed by atoms with Gasteiger partial charge in [-0.15, -0.1) is 0 Å². The molecule has 60 valence electrons. The van der Waals surface area contributed by atoms with Crippen LogP contribution in [0.4, 0.5) is 0 Å². The summed E-state index contributed by atoms with van der Waals surface area (Å²) in [6, 6.07) is -0.367. The summed E-state index contributed by atoms with van der Waals surface area (Å²) < 4.78 is 0. The first kappa shape index (κ1) is 6.68. The Labute approximate surface area is 63.2 Å². The normalized spacial score (nSPS) is 41.9. The third-order valence-corrected chi connectivity index (χ3v) is 1.83. The Morgan fingerprint density at radius 2 is 2.45 bits per heavy atom. The molecule has 6 heteroatoms. The van der Waals surface area contributed by atoms with Crippen LogP contribution < -0.4 is 16.4 Å². The maximum absolute atomic E-state index is 11.1. The van der Waals surface area contributed by atoms with Crippen molar-refractivity contribution in [3.05, 3.63) is 0 Å². The Morgan fingerprint density at radius 1 is 1.64 bits per heavy atom. The van der Waals surface area contributed by atoms with Crippen molar-refractivity contribution in [2.45, 2.75) is 18.4 Å². The summed E-state index contributed by atoms with van der Waals surface area (Å²) in [5.74, 6) is -0.137. The molecular weight excluding hydrogens is 146 g/mol. The average Bonchev–Trinajstić information content (AvgIpc) is 2.34. The number of nitrogens with zero attached hydrogens (tertiary/aromatic N) is 2. The summed E-state index contributed by atoms with van der Waals surface area (Å²) >= 11 is 0. The lowest BCUT2D eigenvalue weighted by Gasteiger charge is -2.28. The summed E-state index contributed by atoms with van der Waals surface area (Å²) in [7, 11) is 0. The maximum atomic E-state index is 11.1. The van der Waals surface area contributed by atoms with Gasteiger partial charge in [-0.25, -0.2) is 0 Å². The third kappa shape index (κ3) is 0.997. The second-order valence-electron chi connectivity index (χ2n) is 2.64. The minimum absolute atomic E-state index is 0.00116. The first-order valence-corrected chi connectivity index (χ1v) is 3.46. The van der Waals surface area contributed by atoms with Gasteiger partial charge in [0.2, 0.25) is 0 Å². The SMILES string of the molecule is NC1NC(=O)C2N=NCC2N1. The van der Waals surface area contributed by atoms with Crippen LogP contribution in [0.3, 0.4) is 0 Å². The van der Waals surface area contributed by atoms with E-state index in [1.165, 1.54) is 0 Å². The molecule has 0 spiro atoms. The molecule has 0 radical (unpaired) electrons. The number of hydrogen-bond acceptors (Lipinski definition) is 5. The molecule has 0 aromatic rings. The Kier molecular flexibility index (Phi) is 1.36. The molecule has 2 heterocycles. The Balaban J connectivity index is 2.14. The monoisotopic (exact) mass is 155 g/mol. The lowest BCUT2D eigenvalue weighted by molar-refractivity contribution is -0.125. The molecule has 6 nitrogen and oxygen atoms in total. The molecule has 2 aliphatic heterocycles. The number of carbonyl (C=O) groups excluding carboxylic acids is 1. The van der Waals surface area contributed by atoms with Gasteiger partial charge >= 0.3 is 0 Å². The molecule has 3 unspecified atom stereocenters. The number of rotatable bonds is 0. The van der Waals surface area contributed by atoms with E-state index in [4.69, 9.17) is 5.73 Å². The van der Waals surface area contributed by atoms with E-state index in [0.717, 1.165) is 0 Å². The smallest absolute Gasteiger partial charge is 0.250 e. The van der Waals surface area contributed by atoms with Gasteiger partial charge in [0.15, 0.2) is 6.04 Å². The molecule has 4 N–H and O–H groups in total. The fourth-order valence-corrected chi connectivity index (χ4v) is 1.29. The standard InChI is InChI=1S/C5H9N5O/c6-5-8-2-1-7-10-3(2)4(11)9-5/h2-3,5,8H,1,6H2,(H,9,11). The number of hydrogen-bond donors (Lipinski definition) is 3. The highest BCUT2D eigenvalue weighted by atomic mass is 16.2. The minimum Gasteiger partial charge on any atom is -0.326 e. The largest absolute Gasteiger partial charge is 0.326 e. The lowest BCUT2D eigenvalue weighted by Crippen LogP contribution is -2.66. The highest BCUT2D eigenvalue weighted by molar-refractivity contribution is 5.84. The number of fused-ring (bicyclic) bond motifs is 1. The zero-order valence-corrected chi connectivity index (χ0v) is 5.82. The van der Waals surface area contributed by atoms with Gasteiger partial charge in [0, 0.05) is 0 Å². The van der Waals surface area contributed by atoms with Crippen LogP contribution in [-0.2, 0) is 4.79 Å². The van der Waals surface area contributed by atoms with Gasteiger partial charge in [-0.2, -0.15) is 10.2 Å². The van der Waals surface area contributed by atoms with Crippen LogP contribution in [-0.4, -0.2) is 30.8 Å². The van der Waals surface area contributed by atoms with Crippen molar-refractivity contribution in [2.75, 3.05) is 6.54 Å². The molecule has 0 aliphatic carbocycles. The first-order chi connectivity index (χ1) is 5.27. The van der Waals surface area contributed by atoms with E-state index in [-0.39, 0.29) is 18.0 Å². The van der Waals surface area contributed by atoms with Crippen LogP contribution in [0, 0.1) is 0 Å². The summed E-state index contributed by atoms with van der Waals surface area (Å²) in [6.07, 6.45) is -0.452. The minimum atomic E-state index is -0.452. The van der Waals surface area contributed by atoms with Crippen LogP contribution in [0.1, 0.15) is 0 Å². The van der Waals surface area contributed by atoms with Crippen LogP contribution in [0.5, 0.6) is 0 Å². The van der Waals surface area contributed by atoms with Crippen molar-refractivity contribution in [1.82, 2.24) is 10.6 Å². The molecule has 2 aliphatic rings. The molecule has 3 atom stereocenters.